The number of hydrogen-bond acceptors (Lipinski definition) is 7. The van der Waals surface area contributed by atoms with Gasteiger partial charge in [0.25, 0.3) is 5.88 Å². The number of piperidine rings is 1. The van der Waals surface area contributed by atoms with Gasteiger partial charge in [-0.3, -0.25) is 10.2 Å². The molecule has 2 aromatic carbocycles. The van der Waals surface area contributed by atoms with Crippen molar-refractivity contribution in [3.8, 4) is 17.7 Å². The van der Waals surface area contributed by atoms with E-state index in [1.165, 1.54) is 12.7 Å². The number of hydrogen-bond donors (Lipinski definition) is 2. The first-order chi connectivity index (χ1) is 16.1. The highest BCUT2D eigenvalue weighted by atomic mass is 16.5. The van der Waals surface area contributed by atoms with Crippen LogP contribution >= 0.6 is 0 Å². The number of rotatable bonds is 6. The number of benzene rings is 2. The fourth-order valence-electron chi connectivity index (χ4n) is 3.88. The topological polar surface area (TPSA) is 112 Å². The van der Waals surface area contributed by atoms with Crippen molar-refractivity contribution >= 4 is 22.9 Å². The zero-order valence-corrected chi connectivity index (χ0v) is 18.7. The maximum absolute atomic E-state index is 12.6. The standard InChI is InChI=1S/C24H26N6O3/c1-32-19-7-8-20-21(13-19)27-22(23(28-20)33-2)29-24(31)26-18-9-11-30(12-10-18)15-17-5-3-16(14-25)4-6-17/h3-8,13,18H,9-12,15H2,1-2H3,(H2,26,27,29,31). The average molecular weight is 447 g/mol. The van der Waals surface area contributed by atoms with E-state index >= 15 is 0 Å². The van der Waals surface area contributed by atoms with Gasteiger partial charge in [-0.25, -0.2) is 14.8 Å². The van der Waals surface area contributed by atoms with Crippen molar-refractivity contribution in [1.29, 1.82) is 5.26 Å². The molecule has 33 heavy (non-hydrogen) atoms. The number of likely N-dealkylation sites (tertiary alicyclic amines) is 1. The molecular formula is C24H26N6O3. The maximum atomic E-state index is 12.6. The van der Waals surface area contributed by atoms with Gasteiger partial charge in [0.2, 0.25) is 0 Å². The number of nitrogens with one attached hydrogen (secondary N) is 2. The van der Waals surface area contributed by atoms with Crippen LogP contribution < -0.4 is 20.1 Å². The molecule has 0 radical (unpaired) electrons. The summed E-state index contributed by atoms with van der Waals surface area (Å²) in [5.74, 6) is 1.17. The Morgan fingerprint density at radius 1 is 1.09 bits per heavy atom. The lowest BCUT2D eigenvalue weighted by atomic mass is 10.0. The van der Waals surface area contributed by atoms with Gasteiger partial charge >= 0.3 is 6.03 Å². The van der Waals surface area contributed by atoms with Crippen molar-refractivity contribution in [3.63, 3.8) is 0 Å². The molecule has 4 rings (SSSR count). The molecule has 0 saturated carbocycles. The Morgan fingerprint density at radius 2 is 1.85 bits per heavy atom. The number of anilines is 1. The van der Waals surface area contributed by atoms with E-state index in [-0.39, 0.29) is 23.8 Å². The lowest BCUT2D eigenvalue weighted by molar-refractivity contribution is 0.190. The van der Waals surface area contributed by atoms with E-state index in [4.69, 9.17) is 14.7 Å². The summed E-state index contributed by atoms with van der Waals surface area (Å²) in [6.07, 6.45) is 1.70. The quantitative estimate of drug-likeness (QED) is 0.597. The molecular weight excluding hydrogens is 420 g/mol. The van der Waals surface area contributed by atoms with Crippen LogP contribution in [-0.4, -0.2) is 54.2 Å². The predicted molar refractivity (Wildman–Crippen MR) is 124 cm³/mol. The van der Waals surface area contributed by atoms with E-state index in [1.807, 2.05) is 24.3 Å². The monoisotopic (exact) mass is 446 g/mol. The number of aromatic nitrogens is 2. The van der Waals surface area contributed by atoms with Crippen molar-refractivity contribution < 1.29 is 14.3 Å². The molecule has 170 valence electrons. The molecule has 2 amide bonds. The molecule has 0 atom stereocenters. The van der Waals surface area contributed by atoms with Gasteiger partial charge in [0.15, 0.2) is 5.82 Å². The van der Waals surface area contributed by atoms with Crippen molar-refractivity contribution in [2.45, 2.75) is 25.4 Å². The fourth-order valence-corrected chi connectivity index (χ4v) is 3.88. The summed E-state index contributed by atoms with van der Waals surface area (Å²) in [5.41, 5.74) is 3.09. The smallest absolute Gasteiger partial charge is 0.320 e. The number of fused-ring (bicyclic) bond motifs is 1. The van der Waals surface area contributed by atoms with Crippen molar-refractivity contribution in [3.05, 3.63) is 53.6 Å². The van der Waals surface area contributed by atoms with E-state index in [2.05, 4.69) is 31.6 Å². The van der Waals surface area contributed by atoms with E-state index in [1.54, 1.807) is 25.3 Å². The summed E-state index contributed by atoms with van der Waals surface area (Å²) in [4.78, 5) is 23.9. The third-order valence-corrected chi connectivity index (χ3v) is 5.68. The van der Waals surface area contributed by atoms with Crippen LogP contribution in [0.25, 0.3) is 11.0 Å². The lowest BCUT2D eigenvalue weighted by Gasteiger charge is -2.32. The molecule has 9 nitrogen and oxygen atoms in total. The highest BCUT2D eigenvalue weighted by Crippen LogP contribution is 2.26. The van der Waals surface area contributed by atoms with Gasteiger partial charge in [0.05, 0.1) is 36.9 Å². The number of carbonyl (C=O) groups is 1. The first-order valence-electron chi connectivity index (χ1n) is 10.8. The maximum Gasteiger partial charge on any atom is 0.320 e. The van der Waals surface area contributed by atoms with Gasteiger partial charge in [-0.2, -0.15) is 5.26 Å². The van der Waals surface area contributed by atoms with Crippen LogP contribution in [0.2, 0.25) is 0 Å². The SMILES string of the molecule is COc1ccc2nc(OC)c(NC(=O)NC3CCN(Cc4ccc(C#N)cc4)CC3)nc2c1. The third kappa shape index (κ3) is 5.48. The zero-order valence-electron chi connectivity index (χ0n) is 18.7. The Morgan fingerprint density at radius 3 is 2.52 bits per heavy atom. The highest BCUT2D eigenvalue weighted by molar-refractivity contribution is 5.91. The molecule has 1 aliphatic heterocycles. The van der Waals surface area contributed by atoms with Gasteiger partial charge in [0.1, 0.15) is 5.75 Å². The van der Waals surface area contributed by atoms with E-state index in [0.29, 0.717) is 22.3 Å². The average Bonchev–Trinajstić information content (AvgIpc) is 2.85. The highest BCUT2D eigenvalue weighted by Gasteiger charge is 2.22. The Hall–Kier alpha value is -3.90. The molecule has 2 N–H and O–H groups in total. The van der Waals surface area contributed by atoms with Gasteiger partial charge in [-0.1, -0.05) is 12.1 Å². The molecule has 0 bridgehead atoms. The molecule has 3 aromatic rings. The summed E-state index contributed by atoms with van der Waals surface area (Å²) >= 11 is 0. The van der Waals surface area contributed by atoms with Gasteiger partial charge in [-0.15, -0.1) is 0 Å². The minimum absolute atomic E-state index is 0.0710. The molecule has 9 heteroatoms. The van der Waals surface area contributed by atoms with Crippen LogP contribution in [0.1, 0.15) is 24.0 Å². The molecule has 1 saturated heterocycles. The molecule has 0 unspecified atom stereocenters. The second-order valence-corrected chi connectivity index (χ2v) is 7.89. The van der Waals surface area contributed by atoms with Crippen LogP contribution in [0.4, 0.5) is 10.6 Å². The Bertz CT molecular complexity index is 1170. The number of ether oxygens (including phenoxy) is 2. The largest absolute Gasteiger partial charge is 0.497 e. The zero-order chi connectivity index (χ0) is 23.2. The summed E-state index contributed by atoms with van der Waals surface area (Å²) < 4.78 is 10.6. The number of urea groups is 1. The van der Waals surface area contributed by atoms with Crippen molar-refractivity contribution in [2.24, 2.45) is 0 Å². The molecule has 1 aliphatic rings. The number of carbonyl (C=O) groups excluding carboxylic acids is 1. The first-order valence-corrected chi connectivity index (χ1v) is 10.8. The predicted octanol–water partition coefficient (Wildman–Crippen LogP) is 3.30. The van der Waals surface area contributed by atoms with Crippen LogP contribution in [0.5, 0.6) is 11.6 Å². The normalized spacial score (nSPS) is 14.5. The van der Waals surface area contributed by atoms with E-state index in [0.717, 1.165) is 32.5 Å². The van der Waals surface area contributed by atoms with Crippen molar-refractivity contribution in [2.75, 3.05) is 32.6 Å². The number of nitriles is 1. The second kappa shape index (κ2) is 10.1. The fraction of sp³-hybridized carbons (Fsp3) is 0.333. The van der Waals surface area contributed by atoms with Crippen LogP contribution in [0, 0.1) is 11.3 Å². The first kappa shape index (κ1) is 22.3. The van der Waals surface area contributed by atoms with Gasteiger partial charge in [-0.05, 0) is 42.7 Å². The number of nitrogens with zero attached hydrogens (tertiary/aromatic N) is 4. The summed E-state index contributed by atoms with van der Waals surface area (Å²) in [6, 6.07) is 14.9. The van der Waals surface area contributed by atoms with Gasteiger partial charge < -0.3 is 14.8 Å². The summed E-state index contributed by atoms with van der Waals surface area (Å²) in [6.45, 7) is 2.59. The van der Waals surface area contributed by atoms with E-state index in [9.17, 15) is 4.79 Å². The van der Waals surface area contributed by atoms with Crippen molar-refractivity contribution in [1.82, 2.24) is 20.2 Å². The van der Waals surface area contributed by atoms with Crippen LogP contribution in [-0.2, 0) is 6.54 Å². The molecule has 2 heterocycles. The molecule has 0 aliphatic carbocycles. The number of amides is 2. The Balaban J connectivity index is 1.32. The Labute approximate surface area is 192 Å². The summed E-state index contributed by atoms with van der Waals surface area (Å²) in [5, 5.41) is 14.7. The lowest BCUT2D eigenvalue weighted by Crippen LogP contribution is -2.45. The molecule has 1 aromatic heterocycles. The molecule has 0 spiro atoms. The summed E-state index contributed by atoms with van der Waals surface area (Å²) in [7, 11) is 3.08. The number of methoxy groups -OCH3 is 2. The third-order valence-electron chi connectivity index (χ3n) is 5.68. The minimum Gasteiger partial charge on any atom is -0.497 e. The van der Waals surface area contributed by atoms with Crippen LogP contribution in [0.3, 0.4) is 0 Å². The van der Waals surface area contributed by atoms with Gasteiger partial charge in [0, 0.05) is 31.7 Å². The van der Waals surface area contributed by atoms with E-state index < -0.39 is 0 Å². The Kier molecular flexibility index (Phi) is 6.86. The second-order valence-electron chi connectivity index (χ2n) is 7.89. The minimum atomic E-state index is -0.338. The molecule has 1 fully saturated rings. The van der Waals surface area contributed by atoms with Crippen LogP contribution in [0.15, 0.2) is 42.5 Å².